The van der Waals surface area contributed by atoms with Crippen molar-refractivity contribution in [1.82, 2.24) is 4.90 Å². The number of rotatable bonds is 3. The van der Waals surface area contributed by atoms with Gasteiger partial charge in [-0.1, -0.05) is 35.9 Å². The van der Waals surface area contributed by atoms with Crippen LogP contribution in [0.1, 0.15) is 28.9 Å². The smallest absolute Gasteiger partial charge is 0.257 e. The van der Waals surface area contributed by atoms with Crippen LogP contribution in [0.25, 0.3) is 0 Å². The standard InChI is InChI=1S/C16H15ClFNO/c1-11(12-6-5-7-13(17)10-12)19(2)16(20)14-8-3-4-9-15(14)18/h3-11H,1-2H3. The number of amides is 1. The van der Waals surface area contributed by atoms with Gasteiger partial charge in [0.1, 0.15) is 5.82 Å². The third-order valence-electron chi connectivity index (χ3n) is 3.34. The van der Waals surface area contributed by atoms with Gasteiger partial charge in [-0.3, -0.25) is 4.79 Å². The maximum atomic E-state index is 13.7. The maximum absolute atomic E-state index is 13.7. The molecule has 1 atom stereocenters. The molecule has 0 aliphatic heterocycles. The van der Waals surface area contributed by atoms with E-state index in [9.17, 15) is 9.18 Å². The highest BCUT2D eigenvalue weighted by molar-refractivity contribution is 6.30. The van der Waals surface area contributed by atoms with Crippen LogP contribution in [0.3, 0.4) is 0 Å². The second kappa shape index (κ2) is 6.06. The molecular weight excluding hydrogens is 277 g/mol. The summed E-state index contributed by atoms with van der Waals surface area (Å²) in [7, 11) is 1.65. The predicted octanol–water partition coefficient (Wildman–Crippen LogP) is 4.31. The van der Waals surface area contributed by atoms with Gasteiger partial charge < -0.3 is 4.90 Å². The first-order chi connectivity index (χ1) is 9.50. The van der Waals surface area contributed by atoms with Crippen molar-refractivity contribution >= 4 is 17.5 Å². The molecule has 104 valence electrons. The molecule has 20 heavy (non-hydrogen) atoms. The van der Waals surface area contributed by atoms with Gasteiger partial charge in [0, 0.05) is 12.1 Å². The van der Waals surface area contributed by atoms with Crippen LogP contribution in [0.15, 0.2) is 48.5 Å². The van der Waals surface area contributed by atoms with Crippen molar-refractivity contribution in [3.05, 3.63) is 70.5 Å². The Morgan fingerprint density at radius 3 is 2.55 bits per heavy atom. The predicted molar refractivity (Wildman–Crippen MR) is 78.4 cm³/mol. The van der Waals surface area contributed by atoms with Crippen LogP contribution in [0, 0.1) is 5.82 Å². The number of hydrogen-bond donors (Lipinski definition) is 0. The fourth-order valence-electron chi connectivity index (χ4n) is 1.99. The molecule has 4 heteroatoms. The number of hydrogen-bond acceptors (Lipinski definition) is 1. The molecule has 0 aromatic heterocycles. The minimum absolute atomic E-state index is 0.0730. The molecule has 0 spiro atoms. The van der Waals surface area contributed by atoms with E-state index in [0.717, 1.165) is 5.56 Å². The minimum Gasteiger partial charge on any atom is -0.335 e. The lowest BCUT2D eigenvalue weighted by atomic mass is 10.1. The van der Waals surface area contributed by atoms with Gasteiger partial charge >= 0.3 is 0 Å². The summed E-state index contributed by atoms with van der Waals surface area (Å²) in [6, 6.07) is 13.1. The summed E-state index contributed by atoms with van der Waals surface area (Å²) in [4.78, 5) is 13.8. The van der Waals surface area contributed by atoms with E-state index in [2.05, 4.69) is 0 Å². The largest absolute Gasteiger partial charge is 0.335 e. The van der Waals surface area contributed by atoms with Crippen LogP contribution in [-0.2, 0) is 0 Å². The van der Waals surface area contributed by atoms with E-state index in [-0.39, 0.29) is 17.5 Å². The molecule has 0 radical (unpaired) electrons. The van der Waals surface area contributed by atoms with E-state index in [1.165, 1.54) is 17.0 Å². The molecule has 2 aromatic carbocycles. The zero-order valence-electron chi connectivity index (χ0n) is 11.3. The SMILES string of the molecule is CC(c1cccc(Cl)c1)N(C)C(=O)c1ccccc1F. The van der Waals surface area contributed by atoms with Gasteiger partial charge in [0.15, 0.2) is 0 Å². The minimum atomic E-state index is -0.511. The first-order valence-electron chi connectivity index (χ1n) is 6.28. The van der Waals surface area contributed by atoms with Crippen LogP contribution in [0.2, 0.25) is 5.02 Å². The second-order valence-electron chi connectivity index (χ2n) is 4.63. The van der Waals surface area contributed by atoms with E-state index >= 15 is 0 Å². The molecule has 0 aliphatic rings. The lowest BCUT2D eigenvalue weighted by Crippen LogP contribution is -2.30. The third kappa shape index (κ3) is 2.99. The van der Waals surface area contributed by atoms with Gasteiger partial charge in [-0.25, -0.2) is 4.39 Å². The highest BCUT2D eigenvalue weighted by Crippen LogP contribution is 2.23. The summed E-state index contributed by atoms with van der Waals surface area (Å²) in [5.41, 5.74) is 0.980. The molecule has 2 nitrogen and oxygen atoms in total. The molecule has 0 heterocycles. The lowest BCUT2D eigenvalue weighted by molar-refractivity contribution is 0.0738. The molecule has 1 unspecified atom stereocenters. The van der Waals surface area contributed by atoms with E-state index in [1.807, 2.05) is 19.1 Å². The van der Waals surface area contributed by atoms with Gasteiger partial charge in [-0.15, -0.1) is 0 Å². The first kappa shape index (κ1) is 14.5. The molecular formula is C16H15ClFNO. The Kier molecular flexibility index (Phi) is 4.40. The zero-order chi connectivity index (χ0) is 14.7. The summed E-state index contributed by atoms with van der Waals surface area (Å²) < 4.78 is 13.7. The summed E-state index contributed by atoms with van der Waals surface area (Å²) in [5.74, 6) is -0.863. The van der Waals surface area contributed by atoms with Gasteiger partial charge in [0.2, 0.25) is 0 Å². The van der Waals surface area contributed by atoms with Crippen LogP contribution in [-0.4, -0.2) is 17.9 Å². The van der Waals surface area contributed by atoms with Crippen molar-refractivity contribution < 1.29 is 9.18 Å². The van der Waals surface area contributed by atoms with E-state index in [0.29, 0.717) is 5.02 Å². The Morgan fingerprint density at radius 2 is 1.90 bits per heavy atom. The van der Waals surface area contributed by atoms with Gasteiger partial charge in [-0.2, -0.15) is 0 Å². The average Bonchev–Trinajstić information content (AvgIpc) is 2.45. The van der Waals surface area contributed by atoms with Crippen LogP contribution < -0.4 is 0 Å². The van der Waals surface area contributed by atoms with Gasteiger partial charge in [0.25, 0.3) is 5.91 Å². The first-order valence-corrected chi connectivity index (χ1v) is 6.65. The Hall–Kier alpha value is -1.87. The molecule has 0 N–H and O–H groups in total. The van der Waals surface area contributed by atoms with E-state index < -0.39 is 5.82 Å². The normalized spacial score (nSPS) is 12.0. The summed E-state index contributed by atoms with van der Waals surface area (Å²) in [6.07, 6.45) is 0. The number of benzene rings is 2. The Morgan fingerprint density at radius 1 is 1.20 bits per heavy atom. The topological polar surface area (TPSA) is 20.3 Å². The van der Waals surface area contributed by atoms with E-state index in [1.54, 1.807) is 31.3 Å². The van der Waals surface area contributed by atoms with Crippen molar-refractivity contribution in [1.29, 1.82) is 0 Å². The number of nitrogens with zero attached hydrogens (tertiary/aromatic N) is 1. The number of carbonyl (C=O) groups excluding carboxylic acids is 1. The van der Waals surface area contributed by atoms with Crippen molar-refractivity contribution in [2.75, 3.05) is 7.05 Å². The van der Waals surface area contributed by atoms with Crippen LogP contribution >= 0.6 is 11.6 Å². The number of halogens is 2. The molecule has 0 aliphatic carbocycles. The fourth-order valence-corrected chi connectivity index (χ4v) is 2.19. The molecule has 0 saturated heterocycles. The summed E-state index contributed by atoms with van der Waals surface area (Å²) in [6.45, 7) is 1.88. The Labute approximate surface area is 122 Å². The molecule has 0 bridgehead atoms. The molecule has 0 fully saturated rings. The molecule has 2 rings (SSSR count). The monoisotopic (exact) mass is 291 g/mol. The van der Waals surface area contributed by atoms with Crippen molar-refractivity contribution in [3.8, 4) is 0 Å². The molecule has 2 aromatic rings. The van der Waals surface area contributed by atoms with Gasteiger partial charge in [0.05, 0.1) is 11.6 Å². The molecule has 1 amide bonds. The number of carbonyl (C=O) groups is 1. The summed E-state index contributed by atoms with van der Waals surface area (Å²) in [5, 5.41) is 0.612. The Balaban J connectivity index is 2.25. The highest BCUT2D eigenvalue weighted by Gasteiger charge is 2.21. The third-order valence-corrected chi connectivity index (χ3v) is 3.57. The van der Waals surface area contributed by atoms with Crippen LogP contribution in [0.5, 0.6) is 0 Å². The van der Waals surface area contributed by atoms with Crippen molar-refractivity contribution in [2.24, 2.45) is 0 Å². The highest BCUT2D eigenvalue weighted by atomic mass is 35.5. The van der Waals surface area contributed by atoms with Crippen molar-refractivity contribution in [3.63, 3.8) is 0 Å². The van der Waals surface area contributed by atoms with Gasteiger partial charge in [-0.05, 0) is 36.8 Å². The molecule has 0 saturated carbocycles. The Bertz CT molecular complexity index is 629. The average molecular weight is 292 g/mol. The quantitative estimate of drug-likeness (QED) is 0.825. The second-order valence-corrected chi connectivity index (χ2v) is 5.06. The fraction of sp³-hybridized carbons (Fsp3) is 0.188. The van der Waals surface area contributed by atoms with E-state index in [4.69, 9.17) is 11.6 Å². The van der Waals surface area contributed by atoms with Crippen LogP contribution in [0.4, 0.5) is 4.39 Å². The summed E-state index contributed by atoms with van der Waals surface area (Å²) >= 11 is 5.95. The maximum Gasteiger partial charge on any atom is 0.257 e. The zero-order valence-corrected chi connectivity index (χ0v) is 12.1. The van der Waals surface area contributed by atoms with Crippen molar-refractivity contribution in [2.45, 2.75) is 13.0 Å². The lowest BCUT2D eigenvalue weighted by Gasteiger charge is -2.25.